The van der Waals surface area contributed by atoms with E-state index in [9.17, 15) is 9.90 Å². The Morgan fingerprint density at radius 2 is 1.89 bits per heavy atom. The summed E-state index contributed by atoms with van der Waals surface area (Å²) in [7, 11) is 0. The summed E-state index contributed by atoms with van der Waals surface area (Å²) in [6.45, 7) is 0. The third kappa shape index (κ3) is 1.64. The quantitative estimate of drug-likeness (QED) is 0.698. The van der Waals surface area contributed by atoms with Gasteiger partial charge in [-0.05, 0) is 42.5 Å². The van der Waals surface area contributed by atoms with Crippen LogP contribution in [0.3, 0.4) is 0 Å². The van der Waals surface area contributed by atoms with Crippen molar-refractivity contribution in [2.24, 2.45) is 0 Å². The van der Waals surface area contributed by atoms with E-state index in [2.05, 4.69) is 5.10 Å². The number of aromatic hydroxyl groups is 1. The molecule has 0 saturated carbocycles. The normalized spacial score (nSPS) is 10.7. The zero-order valence-electron chi connectivity index (χ0n) is 9.45. The summed E-state index contributed by atoms with van der Waals surface area (Å²) in [5, 5.41) is 14.5. The number of carbonyl (C=O) groups is 1. The molecule has 0 fully saturated rings. The van der Waals surface area contributed by atoms with Crippen molar-refractivity contribution in [1.82, 2.24) is 9.78 Å². The average molecular weight is 238 g/mol. The van der Waals surface area contributed by atoms with E-state index in [1.54, 1.807) is 47.3 Å². The van der Waals surface area contributed by atoms with Crippen molar-refractivity contribution in [3.05, 3.63) is 54.2 Å². The van der Waals surface area contributed by atoms with E-state index >= 15 is 0 Å². The van der Waals surface area contributed by atoms with Gasteiger partial charge in [-0.3, -0.25) is 4.79 Å². The lowest BCUT2D eigenvalue weighted by atomic mass is 10.2. The second kappa shape index (κ2) is 4.00. The molecule has 0 spiro atoms. The summed E-state index contributed by atoms with van der Waals surface area (Å²) < 4.78 is 1.77. The molecule has 1 heterocycles. The van der Waals surface area contributed by atoms with Gasteiger partial charge in [-0.1, -0.05) is 0 Å². The number of rotatable bonds is 2. The lowest BCUT2D eigenvalue weighted by molar-refractivity contribution is 0.112. The van der Waals surface area contributed by atoms with Crippen LogP contribution >= 0.6 is 0 Å². The van der Waals surface area contributed by atoms with Crippen LogP contribution in [-0.2, 0) is 0 Å². The fraction of sp³-hybridized carbons (Fsp3) is 0. The molecule has 18 heavy (non-hydrogen) atoms. The Labute approximate surface area is 103 Å². The predicted octanol–water partition coefficient (Wildman–Crippen LogP) is 2.54. The Morgan fingerprint density at radius 1 is 1.11 bits per heavy atom. The molecule has 0 saturated heterocycles. The van der Waals surface area contributed by atoms with Crippen LogP contribution in [0.5, 0.6) is 5.75 Å². The van der Waals surface area contributed by atoms with Crippen molar-refractivity contribution < 1.29 is 9.90 Å². The molecule has 3 rings (SSSR count). The van der Waals surface area contributed by atoms with E-state index in [4.69, 9.17) is 0 Å². The maximum atomic E-state index is 10.7. The zero-order valence-corrected chi connectivity index (χ0v) is 9.45. The smallest absolute Gasteiger partial charge is 0.150 e. The van der Waals surface area contributed by atoms with Crippen molar-refractivity contribution in [3.8, 4) is 11.4 Å². The highest BCUT2D eigenvalue weighted by molar-refractivity contribution is 5.87. The summed E-state index contributed by atoms with van der Waals surface area (Å²) in [6, 6.07) is 12.2. The molecule has 0 aliphatic heterocycles. The fourth-order valence-electron chi connectivity index (χ4n) is 1.92. The zero-order chi connectivity index (χ0) is 12.5. The molecule has 0 bridgehead atoms. The van der Waals surface area contributed by atoms with Crippen LogP contribution in [0.1, 0.15) is 10.4 Å². The van der Waals surface area contributed by atoms with Crippen molar-refractivity contribution >= 4 is 17.2 Å². The molecule has 4 heteroatoms. The number of aldehydes is 1. The van der Waals surface area contributed by atoms with Gasteiger partial charge in [-0.15, -0.1) is 0 Å². The van der Waals surface area contributed by atoms with Gasteiger partial charge >= 0.3 is 0 Å². The second-order valence-electron chi connectivity index (χ2n) is 4.01. The highest BCUT2D eigenvalue weighted by Crippen LogP contribution is 2.20. The molecule has 0 atom stereocenters. The highest BCUT2D eigenvalue weighted by atomic mass is 16.3. The van der Waals surface area contributed by atoms with Gasteiger partial charge < -0.3 is 5.11 Å². The van der Waals surface area contributed by atoms with E-state index in [1.807, 2.05) is 6.07 Å². The van der Waals surface area contributed by atoms with Crippen LogP contribution in [0, 0.1) is 0 Å². The van der Waals surface area contributed by atoms with Crippen LogP contribution in [0.2, 0.25) is 0 Å². The minimum Gasteiger partial charge on any atom is -0.508 e. The lowest BCUT2D eigenvalue weighted by Gasteiger charge is -2.03. The molecular weight excluding hydrogens is 228 g/mol. The van der Waals surface area contributed by atoms with Crippen molar-refractivity contribution in [1.29, 1.82) is 0 Å². The standard InChI is InChI=1S/C14H10N2O2/c17-9-10-1-6-14-11(7-10)8-15-16(14)12-2-4-13(18)5-3-12/h1-9,18H. The Bertz CT molecular complexity index is 714. The number of benzene rings is 2. The number of aromatic nitrogens is 2. The number of carbonyl (C=O) groups excluding carboxylic acids is 1. The molecule has 88 valence electrons. The molecule has 4 nitrogen and oxygen atoms in total. The fourth-order valence-corrected chi connectivity index (χ4v) is 1.92. The van der Waals surface area contributed by atoms with Crippen molar-refractivity contribution in [2.45, 2.75) is 0 Å². The summed E-state index contributed by atoms with van der Waals surface area (Å²) in [5.74, 6) is 0.221. The molecule has 1 N–H and O–H groups in total. The first-order valence-electron chi connectivity index (χ1n) is 5.50. The number of hydrogen-bond acceptors (Lipinski definition) is 3. The van der Waals surface area contributed by atoms with Gasteiger partial charge in [-0.2, -0.15) is 5.10 Å². The Balaban J connectivity index is 2.18. The summed E-state index contributed by atoms with van der Waals surface area (Å²) in [5.41, 5.74) is 2.42. The average Bonchev–Trinajstić information content (AvgIpc) is 2.82. The van der Waals surface area contributed by atoms with Gasteiger partial charge in [0, 0.05) is 10.9 Å². The van der Waals surface area contributed by atoms with Crippen LogP contribution < -0.4 is 0 Å². The van der Waals surface area contributed by atoms with E-state index in [1.165, 1.54) is 0 Å². The predicted molar refractivity (Wildman–Crippen MR) is 68.1 cm³/mol. The number of phenols is 1. The van der Waals surface area contributed by atoms with Gasteiger partial charge in [0.25, 0.3) is 0 Å². The molecule has 3 aromatic rings. The SMILES string of the molecule is O=Cc1ccc2c(cnn2-c2ccc(O)cc2)c1. The first-order valence-corrected chi connectivity index (χ1v) is 5.50. The minimum absolute atomic E-state index is 0.221. The highest BCUT2D eigenvalue weighted by Gasteiger charge is 2.05. The molecule has 0 radical (unpaired) electrons. The summed E-state index contributed by atoms with van der Waals surface area (Å²) in [4.78, 5) is 10.7. The largest absolute Gasteiger partial charge is 0.508 e. The van der Waals surface area contributed by atoms with Gasteiger partial charge in [0.1, 0.15) is 12.0 Å². The van der Waals surface area contributed by atoms with E-state index in [-0.39, 0.29) is 5.75 Å². The number of fused-ring (bicyclic) bond motifs is 1. The molecule has 1 aromatic heterocycles. The Kier molecular flexibility index (Phi) is 2.34. The topological polar surface area (TPSA) is 55.1 Å². The minimum atomic E-state index is 0.221. The number of nitrogens with zero attached hydrogens (tertiary/aromatic N) is 2. The summed E-state index contributed by atoms with van der Waals surface area (Å²) in [6.07, 6.45) is 2.53. The van der Waals surface area contributed by atoms with E-state index < -0.39 is 0 Å². The van der Waals surface area contributed by atoms with Crippen LogP contribution in [-0.4, -0.2) is 21.2 Å². The monoisotopic (exact) mass is 238 g/mol. The molecule has 0 amide bonds. The van der Waals surface area contributed by atoms with Crippen LogP contribution in [0.4, 0.5) is 0 Å². The van der Waals surface area contributed by atoms with E-state index in [0.717, 1.165) is 22.9 Å². The molecule has 2 aromatic carbocycles. The molecular formula is C14H10N2O2. The third-order valence-electron chi connectivity index (χ3n) is 2.82. The molecule has 0 aliphatic rings. The Hall–Kier alpha value is -2.62. The lowest BCUT2D eigenvalue weighted by Crippen LogP contribution is -1.95. The van der Waals surface area contributed by atoms with Crippen molar-refractivity contribution in [2.75, 3.05) is 0 Å². The van der Waals surface area contributed by atoms with Gasteiger partial charge in [0.05, 0.1) is 17.4 Å². The van der Waals surface area contributed by atoms with Gasteiger partial charge in [0.15, 0.2) is 0 Å². The second-order valence-corrected chi connectivity index (χ2v) is 4.01. The molecule has 0 unspecified atom stereocenters. The first kappa shape index (κ1) is 10.5. The van der Waals surface area contributed by atoms with Crippen molar-refractivity contribution in [3.63, 3.8) is 0 Å². The maximum absolute atomic E-state index is 10.7. The maximum Gasteiger partial charge on any atom is 0.150 e. The third-order valence-corrected chi connectivity index (χ3v) is 2.82. The Morgan fingerprint density at radius 3 is 2.61 bits per heavy atom. The first-order chi connectivity index (χ1) is 8.78. The van der Waals surface area contributed by atoms with E-state index in [0.29, 0.717) is 5.56 Å². The number of phenolic OH excluding ortho intramolecular Hbond substituents is 1. The van der Waals surface area contributed by atoms with Crippen LogP contribution in [0.25, 0.3) is 16.6 Å². The van der Waals surface area contributed by atoms with Crippen LogP contribution in [0.15, 0.2) is 48.7 Å². The number of hydrogen-bond donors (Lipinski definition) is 1. The molecule has 0 aliphatic carbocycles. The van der Waals surface area contributed by atoms with Gasteiger partial charge in [0.2, 0.25) is 0 Å². The van der Waals surface area contributed by atoms with Gasteiger partial charge in [-0.25, -0.2) is 4.68 Å². The summed E-state index contributed by atoms with van der Waals surface area (Å²) >= 11 is 0.